The van der Waals surface area contributed by atoms with Gasteiger partial charge in [0.25, 0.3) is 0 Å². The van der Waals surface area contributed by atoms with Gasteiger partial charge in [-0.2, -0.15) is 0 Å². The van der Waals surface area contributed by atoms with Gasteiger partial charge in [-0.15, -0.1) is 0 Å². The molecule has 0 fully saturated rings. The maximum atomic E-state index is 11.8. The van der Waals surface area contributed by atoms with Crippen molar-refractivity contribution in [3.8, 4) is 0 Å². The normalized spacial score (nSPS) is 11.7. The summed E-state index contributed by atoms with van der Waals surface area (Å²) >= 11 is 11.6. The van der Waals surface area contributed by atoms with Crippen LogP contribution in [0, 0.1) is 0 Å². The van der Waals surface area contributed by atoms with Gasteiger partial charge in [-0.25, -0.2) is 4.79 Å². The Morgan fingerprint density at radius 1 is 1.19 bits per heavy atom. The van der Waals surface area contributed by atoms with Gasteiger partial charge in [0, 0.05) is 16.5 Å². The van der Waals surface area contributed by atoms with Crippen molar-refractivity contribution in [1.82, 2.24) is 5.32 Å². The molecule has 0 bridgehead atoms. The monoisotopic (exact) mass is 333 g/mol. The molecule has 0 heterocycles. The summed E-state index contributed by atoms with van der Waals surface area (Å²) in [5, 5.41) is 20.5. The summed E-state index contributed by atoms with van der Waals surface area (Å²) in [6.07, 6.45) is -0.656. The van der Waals surface area contributed by atoms with E-state index in [4.69, 9.17) is 33.4 Å². The zero-order valence-electron chi connectivity index (χ0n) is 10.8. The van der Waals surface area contributed by atoms with E-state index < -0.39 is 23.9 Å². The number of nitrogens with one attached hydrogen (secondary N) is 1. The summed E-state index contributed by atoms with van der Waals surface area (Å²) in [6.45, 7) is 0. The number of aliphatic carboxylic acids is 2. The Labute approximate surface area is 130 Å². The molecule has 0 saturated heterocycles. The Hall–Kier alpha value is -1.79. The molecule has 0 spiro atoms. The molecule has 1 unspecified atom stereocenters. The van der Waals surface area contributed by atoms with Crippen LogP contribution in [0.2, 0.25) is 10.0 Å². The molecule has 1 amide bonds. The summed E-state index contributed by atoms with van der Waals surface area (Å²) in [4.78, 5) is 33.2. The quantitative estimate of drug-likeness (QED) is 0.707. The fourth-order valence-corrected chi connectivity index (χ4v) is 2.08. The van der Waals surface area contributed by atoms with E-state index in [1.807, 2.05) is 0 Å². The number of benzene rings is 1. The van der Waals surface area contributed by atoms with Crippen molar-refractivity contribution in [2.45, 2.75) is 25.3 Å². The summed E-state index contributed by atoms with van der Waals surface area (Å²) < 4.78 is 0. The zero-order valence-corrected chi connectivity index (χ0v) is 12.3. The second-order valence-electron chi connectivity index (χ2n) is 4.30. The van der Waals surface area contributed by atoms with Crippen LogP contribution in [0.3, 0.4) is 0 Å². The van der Waals surface area contributed by atoms with Crippen LogP contribution in [-0.4, -0.2) is 34.1 Å². The highest BCUT2D eigenvalue weighted by atomic mass is 35.5. The Morgan fingerprint density at radius 2 is 1.86 bits per heavy atom. The SMILES string of the molecule is O=C(O)CCC(NC(=O)Cc1ccc(Cl)cc1Cl)C(=O)O. The number of hydrogen-bond donors (Lipinski definition) is 3. The molecule has 0 aliphatic heterocycles. The molecule has 8 heteroatoms. The van der Waals surface area contributed by atoms with Crippen LogP contribution in [-0.2, 0) is 20.8 Å². The minimum Gasteiger partial charge on any atom is -0.481 e. The summed E-state index contributed by atoms with van der Waals surface area (Å²) in [7, 11) is 0. The highest BCUT2D eigenvalue weighted by Crippen LogP contribution is 2.21. The van der Waals surface area contributed by atoms with E-state index in [9.17, 15) is 14.4 Å². The van der Waals surface area contributed by atoms with Crippen LogP contribution in [0.15, 0.2) is 18.2 Å². The van der Waals surface area contributed by atoms with Gasteiger partial charge in [0.15, 0.2) is 0 Å². The minimum absolute atomic E-state index is 0.118. The van der Waals surface area contributed by atoms with Crippen LogP contribution < -0.4 is 5.32 Å². The number of halogens is 2. The molecular formula is C13H13Cl2NO5. The van der Waals surface area contributed by atoms with Gasteiger partial charge in [0.2, 0.25) is 5.91 Å². The molecule has 21 heavy (non-hydrogen) atoms. The van der Waals surface area contributed by atoms with E-state index >= 15 is 0 Å². The maximum absolute atomic E-state index is 11.8. The van der Waals surface area contributed by atoms with Crippen molar-refractivity contribution >= 4 is 41.0 Å². The van der Waals surface area contributed by atoms with Crippen molar-refractivity contribution in [3.05, 3.63) is 33.8 Å². The fourth-order valence-electron chi connectivity index (χ4n) is 1.61. The van der Waals surface area contributed by atoms with Gasteiger partial charge in [0.05, 0.1) is 6.42 Å². The molecule has 114 valence electrons. The first-order valence-corrected chi connectivity index (χ1v) is 6.73. The Bertz CT molecular complexity index is 561. The average Bonchev–Trinajstić information content (AvgIpc) is 2.37. The van der Waals surface area contributed by atoms with Crippen LogP contribution in [0.1, 0.15) is 18.4 Å². The highest BCUT2D eigenvalue weighted by molar-refractivity contribution is 6.35. The van der Waals surface area contributed by atoms with Gasteiger partial charge < -0.3 is 15.5 Å². The van der Waals surface area contributed by atoms with Gasteiger partial charge >= 0.3 is 11.9 Å². The highest BCUT2D eigenvalue weighted by Gasteiger charge is 2.21. The number of carbonyl (C=O) groups is 3. The number of carboxylic acid groups (broad SMARTS) is 2. The van der Waals surface area contributed by atoms with E-state index in [0.717, 1.165) is 0 Å². The Kier molecular flexibility index (Phi) is 6.45. The molecule has 0 aromatic heterocycles. The number of hydrogen-bond acceptors (Lipinski definition) is 3. The van der Waals surface area contributed by atoms with Crippen molar-refractivity contribution in [2.75, 3.05) is 0 Å². The van der Waals surface area contributed by atoms with E-state index in [-0.39, 0.29) is 19.3 Å². The maximum Gasteiger partial charge on any atom is 0.326 e. The van der Waals surface area contributed by atoms with Gasteiger partial charge in [-0.3, -0.25) is 9.59 Å². The molecule has 3 N–H and O–H groups in total. The summed E-state index contributed by atoms with van der Waals surface area (Å²) in [5.74, 6) is -2.97. The number of rotatable bonds is 7. The lowest BCUT2D eigenvalue weighted by Crippen LogP contribution is -2.41. The number of carboxylic acids is 2. The smallest absolute Gasteiger partial charge is 0.326 e. The van der Waals surface area contributed by atoms with Crippen molar-refractivity contribution in [3.63, 3.8) is 0 Å². The van der Waals surface area contributed by atoms with E-state index in [1.165, 1.54) is 6.07 Å². The second kappa shape index (κ2) is 7.85. The average molecular weight is 334 g/mol. The third-order valence-electron chi connectivity index (χ3n) is 2.65. The third kappa shape index (κ3) is 6.01. The lowest BCUT2D eigenvalue weighted by Gasteiger charge is -2.14. The first-order chi connectivity index (χ1) is 9.79. The molecule has 0 aliphatic carbocycles. The summed E-state index contributed by atoms with van der Waals surface area (Å²) in [6, 6.07) is 3.36. The van der Waals surface area contributed by atoms with Gasteiger partial charge in [-0.1, -0.05) is 29.3 Å². The zero-order chi connectivity index (χ0) is 16.0. The molecule has 0 saturated carbocycles. The standard InChI is InChI=1S/C13H13Cl2NO5/c14-8-2-1-7(9(15)6-8)5-11(17)16-10(13(20)21)3-4-12(18)19/h1-2,6,10H,3-5H2,(H,16,17)(H,18,19)(H,20,21). The Morgan fingerprint density at radius 3 is 2.38 bits per heavy atom. The first-order valence-electron chi connectivity index (χ1n) is 5.97. The fraction of sp³-hybridized carbons (Fsp3) is 0.308. The van der Waals surface area contributed by atoms with Gasteiger partial charge in [-0.05, 0) is 24.1 Å². The molecule has 0 radical (unpaired) electrons. The molecule has 6 nitrogen and oxygen atoms in total. The van der Waals surface area contributed by atoms with Gasteiger partial charge in [0.1, 0.15) is 6.04 Å². The molecule has 1 rings (SSSR count). The van der Waals surface area contributed by atoms with E-state index in [2.05, 4.69) is 5.32 Å². The van der Waals surface area contributed by atoms with Crippen LogP contribution >= 0.6 is 23.2 Å². The predicted octanol–water partition coefficient (Wildman–Crippen LogP) is 1.97. The van der Waals surface area contributed by atoms with E-state index in [1.54, 1.807) is 12.1 Å². The van der Waals surface area contributed by atoms with Crippen molar-refractivity contribution < 1.29 is 24.6 Å². The molecule has 1 atom stereocenters. The lowest BCUT2D eigenvalue weighted by molar-refractivity contribution is -0.143. The third-order valence-corrected chi connectivity index (χ3v) is 3.23. The van der Waals surface area contributed by atoms with Crippen molar-refractivity contribution in [1.29, 1.82) is 0 Å². The van der Waals surface area contributed by atoms with Crippen molar-refractivity contribution in [2.24, 2.45) is 0 Å². The van der Waals surface area contributed by atoms with Crippen LogP contribution in [0.25, 0.3) is 0 Å². The summed E-state index contributed by atoms with van der Waals surface area (Å²) in [5.41, 5.74) is 0.501. The molecular weight excluding hydrogens is 321 g/mol. The number of amides is 1. The minimum atomic E-state index is -1.29. The lowest BCUT2D eigenvalue weighted by atomic mass is 10.1. The molecule has 0 aliphatic rings. The van der Waals surface area contributed by atoms with Crippen LogP contribution in [0.4, 0.5) is 0 Å². The Balaban J connectivity index is 2.65. The molecule has 1 aromatic carbocycles. The second-order valence-corrected chi connectivity index (χ2v) is 5.15. The van der Waals surface area contributed by atoms with Crippen LogP contribution in [0.5, 0.6) is 0 Å². The largest absolute Gasteiger partial charge is 0.481 e. The first kappa shape index (κ1) is 17.3. The number of carbonyl (C=O) groups excluding carboxylic acids is 1. The topological polar surface area (TPSA) is 104 Å². The molecule has 1 aromatic rings. The predicted molar refractivity (Wildman–Crippen MR) is 76.6 cm³/mol. The van der Waals surface area contributed by atoms with E-state index in [0.29, 0.717) is 15.6 Å².